The van der Waals surface area contributed by atoms with Gasteiger partial charge in [-0.15, -0.1) is 0 Å². The standard InChI is InChI=1S/C19H16O/c1-14-9-11-15(12-10-14)16-5-4-6-17(13-16)18-7-2-3-8-19(18)20/h2-13,20H,1H3. The zero-order valence-electron chi connectivity index (χ0n) is 11.4. The number of benzene rings is 3. The maximum Gasteiger partial charge on any atom is 0.123 e. The summed E-state index contributed by atoms with van der Waals surface area (Å²) in [6.45, 7) is 2.09. The molecule has 0 saturated carbocycles. The molecule has 0 spiro atoms. The van der Waals surface area contributed by atoms with Crippen molar-refractivity contribution in [2.45, 2.75) is 6.92 Å². The van der Waals surface area contributed by atoms with Crippen molar-refractivity contribution in [2.24, 2.45) is 0 Å². The molecule has 98 valence electrons. The lowest BCUT2D eigenvalue weighted by Crippen LogP contribution is -1.82. The number of hydrogen-bond acceptors (Lipinski definition) is 1. The zero-order chi connectivity index (χ0) is 13.9. The van der Waals surface area contributed by atoms with Crippen molar-refractivity contribution in [2.75, 3.05) is 0 Å². The van der Waals surface area contributed by atoms with Crippen LogP contribution in [0, 0.1) is 6.92 Å². The second-order valence-corrected chi connectivity index (χ2v) is 4.96. The summed E-state index contributed by atoms with van der Waals surface area (Å²) in [5, 5.41) is 9.96. The topological polar surface area (TPSA) is 20.2 Å². The van der Waals surface area contributed by atoms with Crippen LogP contribution in [0.5, 0.6) is 5.75 Å². The Morgan fingerprint density at radius 1 is 0.650 bits per heavy atom. The Morgan fingerprint density at radius 2 is 1.35 bits per heavy atom. The Hall–Kier alpha value is -2.54. The number of aryl methyl sites for hydroxylation is 1. The predicted octanol–water partition coefficient (Wildman–Crippen LogP) is 5.03. The lowest BCUT2D eigenvalue weighted by Gasteiger charge is -2.08. The summed E-state index contributed by atoms with van der Waals surface area (Å²) in [7, 11) is 0. The predicted molar refractivity (Wildman–Crippen MR) is 83.7 cm³/mol. The van der Waals surface area contributed by atoms with E-state index in [-0.39, 0.29) is 0 Å². The SMILES string of the molecule is Cc1ccc(-c2cccc(-c3ccccc3O)c2)cc1. The summed E-state index contributed by atoms with van der Waals surface area (Å²) < 4.78 is 0. The van der Waals surface area contributed by atoms with E-state index < -0.39 is 0 Å². The molecule has 1 N–H and O–H groups in total. The van der Waals surface area contributed by atoms with E-state index in [2.05, 4.69) is 43.3 Å². The van der Waals surface area contributed by atoms with Crippen molar-refractivity contribution in [1.82, 2.24) is 0 Å². The molecule has 0 aliphatic heterocycles. The van der Waals surface area contributed by atoms with E-state index >= 15 is 0 Å². The Labute approximate surface area is 119 Å². The van der Waals surface area contributed by atoms with Gasteiger partial charge in [0, 0.05) is 5.56 Å². The van der Waals surface area contributed by atoms with Gasteiger partial charge in [0.2, 0.25) is 0 Å². The van der Waals surface area contributed by atoms with Crippen molar-refractivity contribution in [3.05, 3.63) is 78.4 Å². The maximum absolute atomic E-state index is 9.96. The van der Waals surface area contributed by atoms with Crippen LogP contribution in [0.4, 0.5) is 0 Å². The van der Waals surface area contributed by atoms with E-state index in [1.165, 1.54) is 11.1 Å². The summed E-state index contributed by atoms with van der Waals surface area (Å²) >= 11 is 0. The van der Waals surface area contributed by atoms with E-state index in [4.69, 9.17) is 0 Å². The second-order valence-electron chi connectivity index (χ2n) is 4.96. The highest BCUT2D eigenvalue weighted by Crippen LogP contribution is 2.31. The normalized spacial score (nSPS) is 10.4. The van der Waals surface area contributed by atoms with Crippen LogP contribution in [0.3, 0.4) is 0 Å². The number of phenolic OH excluding ortho intramolecular Hbond substituents is 1. The molecule has 3 aromatic carbocycles. The summed E-state index contributed by atoms with van der Waals surface area (Å²) in [5.41, 5.74) is 5.49. The first-order valence-corrected chi connectivity index (χ1v) is 6.69. The van der Waals surface area contributed by atoms with Gasteiger partial charge in [0.15, 0.2) is 0 Å². The third kappa shape index (κ3) is 2.43. The second kappa shape index (κ2) is 5.22. The van der Waals surface area contributed by atoms with Crippen LogP contribution in [-0.2, 0) is 0 Å². The van der Waals surface area contributed by atoms with Crippen LogP contribution in [-0.4, -0.2) is 5.11 Å². The van der Waals surface area contributed by atoms with Crippen LogP contribution < -0.4 is 0 Å². The molecule has 0 saturated heterocycles. The number of para-hydroxylation sites is 1. The molecule has 0 heterocycles. The Balaban J connectivity index is 2.06. The molecule has 0 bridgehead atoms. The average Bonchev–Trinajstić information content (AvgIpc) is 2.49. The van der Waals surface area contributed by atoms with Crippen LogP contribution in [0.25, 0.3) is 22.3 Å². The number of rotatable bonds is 2. The molecule has 0 amide bonds. The molecule has 1 heteroatoms. The fourth-order valence-electron chi connectivity index (χ4n) is 2.33. The van der Waals surface area contributed by atoms with Crippen LogP contribution in [0.15, 0.2) is 72.8 Å². The van der Waals surface area contributed by atoms with Crippen molar-refractivity contribution in [3.63, 3.8) is 0 Å². The van der Waals surface area contributed by atoms with E-state index in [1.54, 1.807) is 6.07 Å². The highest BCUT2D eigenvalue weighted by atomic mass is 16.3. The third-order valence-corrected chi connectivity index (χ3v) is 3.46. The van der Waals surface area contributed by atoms with E-state index in [0.717, 1.165) is 16.7 Å². The molecular formula is C19H16O. The molecule has 0 unspecified atom stereocenters. The summed E-state index contributed by atoms with van der Waals surface area (Å²) in [5.74, 6) is 0.313. The summed E-state index contributed by atoms with van der Waals surface area (Å²) in [6, 6.07) is 24.1. The first kappa shape index (κ1) is 12.5. The smallest absolute Gasteiger partial charge is 0.123 e. The minimum absolute atomic E-state index is 0.313. The minimum Gasteiger partial charge on any atom is -0.507 e. The number of aromatic hydroxyl groups is 1. The highest BCUT2D eigenvalue weighted by Gasteiger charge is 2.05. The number of phenols is 1. The van der Waals surface area contributed by atoms with Gasteiger partial charge in [0.25, 0.3) is 0 Å². The van der Waals surface area contributed by atoms with Gasteiger partial charge in [-0.25, -0.2) is 0 Å². The first-order valence-electron chi connectivity index (χ1n) is 6.69. The third-order valence-electron chi connectivity index (χ3n) is 3.46. The highest BCUT2D eigenvalue weighted by molar-refractivity contribution is 5.76. The van der Waals surface area contributed by atoms with Gasteiger partial charge in [-0.1, -0.05) is 66.2 Å². The quantitative estimate of drug-likeness (QED) is 0.684. The van der Waals surface area contributed by atoms with Gasteiger partial charge in [-0.3, -0.25) is 0 Å². The van der Waals surface area contributed by atoms with Gasteiger partial charge in [-0.05, 0) is 35.7 Å². The molecule has 0 aromatic heterocycles. The van der Waals surface area contributed by atoms with Gasteiger partial charge in [0.05, 0.1) is 0 Å². The molecule has 20 heavy (non-hydrogen) atoms. The molecular weight excluding hydrogens is 244 g/mol. The van der Waals surface area contributed by atoms with Crippen molar-refractivity contribution in [1.29, 1.82) is 0 Å². The van der Waals surface area contributed by atoms with Gasteiger partial charge < -0.3 is 5.11 Å². The van der Waals surface area contributed by atoms with E-state index in [1.807, 2.05) is 30.3 Å². The van der Waals surface area contributed by atoms with E-state index in [0.29, 0.717) is 5.75 Å². The van der Waals surface area contributed by atoms with Crippen LogP contribution in [0.1, 0.15) is 5.56 Å². The maximum atomic E-state index is 9.96. The van der Waals surface area contributed by atoms with Crippen molar-refractivity contribution in [3.8, 4) is 28.0 Å². The molecule has 0 aliphatic rings. The van der Waals surface area contributed by atoms with Crippen LogP contribution >= 0.6 is 0 Å². The minimum atomic E-state index is 0.313. The Kier molecular flexibility index (Phi) is 3.26. The molecule has 0 atom stereocenters. The molecule has 3 aromatic rings. The van der Waals surface area contributed by atoms with Crippen molar-refractivity contribution >= 4 is 0 Å². The molecule has 1 nitrogen and oxygen atoms in total. The Bertz CT molecular complexity index is 727. The fraction of sp³-hybridized carbons (Fsp3) is 0.0526. The fourth-order valence-corrected chi connectivity index (χ4v) is 2.33. The average molecular weight is 260 g/mol. The monoisotopic (exact) mass is 260 g/mol. The largest absolute Gasteiger partial charge is 0.507 e. The van der Waals surface area contributed by atoms with E-state index in [9.17, 15) is 5.11 Å². The van der Waals surface area contributed by atoms with Gasteiger partial charge in [0.1, 0.15) is 5.75 Å². The first-order chi connectivity index (χ1) is 9.74. The number of hydrogen-bond donors (Lipinski definition) is 1. The summed E-state index contributed by atoms with van der Waals surface area (Å²) in [6.07, 6.45) is 0. The Morgan fingerprint density at radius 3 is 2.10 bits per heavy atom. The van der Waals surface area contributed by atoms with Crippen molar-refractivity contribution < 1.29 is 5.11 Å². The molecule has 3 rings (SSSR count). The molecule has 0 fully saturated rings. The van der Waals surface area contributed by atoms with Crippen LogP contribution in [0.2, 0.25) is 0 Å². The van der Waals surface area contributed by atoms with Gasteiger partial charge in [-0.2, -0.15) is 0 Å². The van der Waals surface area contributed by atoms with Gasteiger partial charge >= 0.3 is 0 Å². The lowest BCUT2D eigenvalue weighted by molar-refractivity contribution is 0.477. The molecule has 0 aliphatic carbocycles. The lowest BCUT2D eigenvalue weighted by atomic mass is 9.98. The zero-order valence-corrected chi connectivity index (χ0v) is 11.4. The summed E-state index contributed by atoms with van der Waals surface area (Å²) in [4.78, 5) is 0. The molecule has 0 radical (unpaired) electrons.